The zero-order chi connectivity index (χ0) is 11.9. The SMILES string of the molecule is CC(C)(C)C(C)(CC1CO1)C(C)(C)O[SiH3]. The van der Waals surface area contributed by atoms with Crippen LogP contribution in [0.3, 0.4) is 0 Å². The van der Waals surface area contributed by atoms with E-state index in [0.29, 0.717) is 6.10 Å². The molecule has 15 heavy (non-hydrogen) atoms. The Morgan fingerprint density at radius 2 is 1.67 bits per heavy atom. The van der Waals surface area contributed by atoms with Gasteiger partial charge in [0, 0.05) is 5.41 Å². The van der Waals surface area contributed by atoms with Crippen molar-refractivity contribution >= 4 is 10.5 Å². The zero-order valence-corrected chi connectivity index (χ0v) is 13.3. The van der Waals surface area contributed by atoms with E-state index in [0.717, 1.165) is 23.5 Å². The number of epoxide rings is 1. The van der Waals surface area contributed by atoms with Gasteiger partial charge >= 0.3 is 0 Å². The maximum absolute atomic E-state index is 5.84. The van der Waals surface area contributed by atoms with Gasteiger partial charge in [-0.15, -0.1) is 0 Å². The summed E-state index contributed by atoms with van der Waals surface area (Å²) in [6.07, 6.45) is 1.57. The molecule has 0 saturated carbocycles. The van der Waals surface area contributed by atoms with Crippen LogP contribution in [0.25, 0.3) is 0 Å². The zero-order valence-electron chi connectivity index (χ0n) is 11.3. The topological polar surface area (TPSA) is 21.8 Å². The fourth-order valence-corrected chi connectivity index (χ4v) is 2.77. The number of rotatable bonds is 4. The van der Waals surface area contributed by atoms with Crippen LogP contribution >= 0.6 is 0 Å². The Labute approximate surface area is 97.3 Å². The Kier molecular flexibility index (Phi) is 3.40. The normalized spacial score (nSPS) is 26.4. The summed E-state index contributed by atoms with van der Waals surface area (Å²) in [5.41, 5.74) is 0.319. The van der Waals surface area contributed by atoms with Crippen molar-refractivity contribution in [2.75, 3.05) is 6.61 Å². The van der Waals surface area contributed by atoms with Crippen molar-refractivity contribution in [3.63, 3.8) is 0 Å². The van der Waals surface area contributed by atoms with Gasteiger partial charge in [-0.05, 0) is 25.7 Å². The number of hydrogen-bond donors (Lipinski definition) is 0. The second-order valence-electron chi connectivity index (χ2n) is 6.46. The third-order valence-corrected chi connectivity index (χ3v) is 5.55. The summed E-state index contributed by atoms with van der Waals surface area (Å²) < 4.78 is 11.2. The first-order chi connectivity index (χ1) is 6.64. The summed E-state index contributed by atoms with van der Waals surface area (Å²) in [6.45, 7) is 14.6. The first-order valence-electron chi connectivity index (χ1n) is 5.81. The van der Waals surface area contributed by atoms with Crippen LogP contribution in [0.4, 0.5) is 0 Å². The van der Waals surface area contributed by atoms with Gasteiger partial charge in [-0.3, -0.25) is 0 Å². The second kappa shape index (κ2) is 3.86. The van der Waals surface area contributed by atoms with E-state index >= 15 is 0 Å². The van der Waals surface area contributed by atoms with E-state index in [4.69, 9.17) is 9.16 Å². The van der Waals surface area contributed by atoms with Crippen molar-refractivity contribution in [2.45, 2.75) is 59.7 Å². The molecular weight excluding hydrogens is 204 g/mol. The minimum Gasteiger partial charge on any atom is -0.422 e. The minimum atomic E-state index is -0.0660. The smallest absolute Gasteiger partial charge is 0.146 e. The number of ether oxygens (including phenoxy) is 1. The van der Waals surface area contributed by atoms with Gasteiger partial charge in [-0.1, -0.05) is 27.7 Å². The largest absolute Gasteiger partial charge is 0.422 e. The van der Waals surface area contributed by atoms with Gasteiger partial charge in [-0.2, -0.15) is 0 Å². The van der Waals surface area contributed by atoms with Crippen LogP contribution in [0, 0.1) is 10.8 Å². The fraction of sp³-hybridized carbons (Fsp3) is 1.00. The van der Waals surface area contributed by atoms with E-state index in [2.05, 4.69) is 41.5 Å². The van der Waals surface area contributed by atoms with Crippen molar-refractivity contribution in [1.29, 1.82) is 0 Å². The molecule has 0 aromatic heterocycles. The van der Waals surface area contributed by atoms with E-state index in [9.17, 15) is 0 Å². The number of hydrogen-bond acceptors (Lipinski definition) is 2. The minimum absolute atomic E-state index is 0.0660. The molecule has 2 nitrogen and oxygen atoms in total. The highest BCUT2D eigenvalue weighted by Crippen LogP contribution is 2.52. The van der Waals surface area contributed by atoms with Crippen LogP contribution in [-0.4, -0.2) is 28.8 Å². The molecule has 0 bridgehead atoms. The molecule has 0 spiro atoms. The van der Waals surface area contributed by atoms with Crippen LogP contribution in [0.2, 0.25) is 0 Å². The highest BCUT2D eigenvalue weighted by molar-refractivity contribution is 5.98. The molecule has 2 unspecified atom stereocenters. The highest BCUT2D eigenvalue weighted by atomic mass is 28.2. The summed E-state index contributed by atoms with van der Waals surface area (Å²) in [5, 5.41) is 0. The lowest BCUT2D eigenvalue weighted by Crippen LogP contribution is -2.52. The lowest BCUT2D eigenvalue weighted by Gasteiger charge is -2.52. The van der Waals surface area contributed by atoms with Gasteiger partial charge in [-0.25, -0.2) is 0 Å². The molecule has 0 aromatic rings. The quantitative estimate of drug-likeness (QED) is 0.543. The third-order valence-electron chi connectivity index (χ3n) is 4.53. The molecule has 0 N–H and O–H groups in total. The lowest BCUT2D eigenvalue weighted by atomic mass is 9.57. The molecule has 1 heterocycles. The van der Waals surface area contributed by atoms with Crippen molar-refractivity contribution in [1.82, 2.24) is 0 Å². The summed E-state index contributed by atoms with van der Waals surface area (Å²) in [6, 6.07) is 0. The Morgan fingerprint density at radius 1 is 1.20 bits per heavy atom. The fourth-order valence-electron chi connectivity index (χ4n) is 2.32. The van der Waals surface area contributed by atoms with Crippen molar-refractivity contribution < 1.29 is 9.16 Å². The van der Waals surface area contributed by atoms with E-state index in [1.807, 2.05) is 0 Å². The molecule has 3 heteroatoms. The van der Waals surface area contributed by atoms with E-state index < -0.39 is 0 Å². The third kappa shape index (κ3) is 2.45. The van der Waals surface area contributed by atoms with Crippen molar-refractivity contribution in [2.24, 2.45) is 10.8 Å². The second-order valence-corrected chi connectivity index (χ2v) is 6.86. The molecule has 0 aliphatic carbocycles. The van der Waals surface area contributed by atoms with Crippen LogP contribution in [0.15, 0.2) is 0 Å². The Bertz CT molecular complexity index is 228. The Hall–Kier alpha value is 0.137. The molecule has 0 radical (unpaired) electrons. The molecule has 1 rings (SSSR count). The van der Waals surface area contributed by atoms with Gasteiger partial charge in [0.2, 0.25) is 0 Å². The Balaban J connectivity index is 2.93. The van der Waals surface area contributed by atoms with Gasteiger partial charge in [0.15, 0.2) is 0 Å². The van der Waals surface area contributed by atoms with Gasteiger partial charge in [0.25, 0.3) is 0 Å². The summed E-state index contributed by atoms with van der Waals surface area (Å²) >= 11 is 0. The monoisotopic (exact) mass is 230 g/mol. The standard InChI is InChI=1S/C12H26O2Si/c1-10(2,3)12(6,7-9-8-13-9)11(4,5)14-15/h9H,7-8H2,1-6,15H3. The lowest BCUT2D eigenvalue weighted by molar-refractivity contribution is -0.0941. The molecule has 1 fully saturated rings. The van der Waals surface area contributed by atoms with Crippen LogP contribution in [0.5, 0.6) is 0 Å². The molecule has 0 amide bonds. The highest BCUT2D eigenvalue weighted by Gasteiger charge is 2.51. The van der Waals surface area contributed by atoms with Crippen LogP contribution in [-0.2, 0) is 9.16 Å². The van der Waals surface area contributed by atoms with Gasteiger partial charge in [0.05, 0.1) is 18.3 Å². The van der Waals surface area contributed by atoms with Crippen molar-refractivity contribution in [3.05, 3.63) is 0 Å². The predicted molar refractivity (Wildman–Crippen MR) is 67.0 cm³/mol. The first-order valence-corrected chi connectivity index (χ1v) is 6.62. The maximum atomic E-state index is 5.84. The molecule has 2 atom stereocenters. The van der Waals surface area contributed by atoms with E-state index in [1.165, 1.54) is 0 Å². The van der Waals surface area contributed by atoms with Crippen LogP contribution in [0.1, 0.15) is 48.0 Å². The molecule has 1 aliphatic rings. The molecule has 0 aromatic carbocycles. The Morgan fingerprint density at radius 3 is 1.93 bits per heavy atom. The predicted octanol–water partition coefficient (Wildman–Crippen LogP) is 1.90. The van der Waals surface area contributed by atoms with Gasteiger partial charge < -0.3 is 9.16 Å². The van der Waals surface area contributed by atoms with E-state index in [1.54, 1.807) is 0 Å². The molecular formula is C12H26O2Si. The summed E-state index contributed by atoms with van der Waals surface area (Å²) in [7, 11) is 0.792. The molecule has 1 saturated heterocycles. The molecule has 90 valence electrons. The molecule has 1 aliphatic heterocycles. The summed E-state index contributed by atoms with van der Waals surface area (Å²) in [4.78, 5) is 0. The van der Waals surface area contributed by atoms with E-state index in [-0.39, 0.29) is 16.4 Å². The first kappa shape index (κ1) is 13.2. The van der Waals surface area contributed by atoms with Gasteiger partial charge in [0.1, 0.15) is 10.5 Å². The average molecular weight is 230 g/mol. The van der Waals surface area contributed by atoms with Crippen molar-refractivity contribution in [3.8, 4) is 0 Å². The van der Waals surface area contributed by atoms with Crippen LogP contribution < -0.4 is 0 Å². The summed E-state index contributed by atoms with van der Waals surface area (Å²) in [5.74, 6) is 0. The maximum Gasteiger partial charge on any atom is 0.146 e. The average Bonchev–Trinajstić information content (AvgIpc) is 2.85.